The molecule has 0 aliphatic carbocycles. The average molecular weight is 468 g/mol. The average Bonchev–Trinajstić information content (AvgIpc) is 2.82. The van der Waals surface area contributed by atoms with Crippen LogP contribution in [0, 0.1) is 0 Å². The first-order valence-corrected chi connectivity index (χ1v) is 12.5. The van der Waals surface area contributed by atoms with Gasteiger partial charge >= 0.3 is 0 Å². The van der Waals surface area contributed by atoms with E-state index in [0.29, 0.717) is 17.7 Å². The number of rotatable bonds is 11. The fourth-order valence-electron chi connectivity index (χ4n) is 3.56. The zero-order valence-corrected chi connectivity index (χ0v) is 19.5. The number of aromatic amines is 1. The minimum atomic E-state index is -3.97. The molecule has 3 aromatic rings. The zero-order valence-electron chi connectivity index (χ0n) is 18.7. The van der Waals surface area contributed by atoms with E-state index < -0.39 is 21.4 Å². The van der Waals surface area contributed by atoms with E-state index >= 15 is 0 Å². The minimum absolute atomic E-state index is 0.0386. The molecule has 1 heterocycles. The molecule has 0 spiro atoms. The van der Waals surface area contributed by atoms with Crippen molar-refractivity contribution in [2.24, 2.45) is 0 Å². The van der Waals surface area contributed by atoms with E-state index in [0.717, 1.165) is 25.7 Å². The second-order valence-corrected chi connectivity index (χ2v) is 9.58. The Hall–Kier alpha value is -3.39. The van der Waals surface area contributed by atoms with Crippen LogP contribution in [0.25, 0.3) is 10.9 Å². The molecule has 0 aliphatic heterocycles. The fraction of sp³-hybridized carbons (Fsp3) is 0.280. The van der Waals surface area contributed by atoms with Gasteiger partial charge in [-0.05, 0) is 36.8 Å². The topological polar surface area (TPSA) is 99.3 Å². The molecule has 2 N–H and O–H groups in total. The number of sulfonamides is 1. The molecule has 1 amide bonds. The van der Waals surface area contributed by atoms with Crippen molar-refractivity contribution in [1.29, 1.82) is 0 Å². The Morgan fingerprint density at radius 1 is 1.12 bits per heavy atom. The summed E-state index contributed by atoms with van der Waals surface area (Å²) in [7, 11) is -3.97. The normalized spacial score (nSPS) is 11.3. The Bertz CT molecular complexity index is 1280. The van der Waals surface area contributed by atoms with E-state index in [1.54, 1.807) is 30.3 Å². The first kappa shape index (κ1) is 24.3. The number of aromatic nitrogens is 1. The van der Waals surface area contributed by atoms with E-state index in [1.165, 1.54) is 34.8 Å². The molecule has 0 bridgehead atoms. The summed E-state index contributed by atoms with van der Waals surface area (Å²) in [5.74, 6) is -0.472. The van der Waals surface area contributed by atoms with Crippen LogP contribution < -0.4 is 15.1 Å². The lowest BCUT2D eigenvalue weighted by molar-refractivity contribution is 0.0951. The van der Waals surface area contributed by atoms with E-state index in [2.05, 4.69) is 23.8 Å². The maximum atomic E-state index is 13.4. The van der Waals surface area contributed by atoms with Gasteiger partial charge in [0, 0.05) is 23.6 Å². The number of fused-ring (bicyclic) bond motifs is 1. The third-order valence-electron chi connectivity index (χ3n) is 5.34. The Morgan fingerprint density at radius 2 is 1.88 bits per heavy atom. The van der Waals surface area contributed by atoms with E-state index in [-0.39, 0.29) is 22.4 Å². The number of benzene rings is 2. The zero-order chi connectivity index (χ0) is 23.8. The molecule has 0 unspecified atom stereocenters. The first-order valence-electron chi connectivity index (χ1n) is 11.0. The van der Waals surface area contributed by atoms with Crippen LogP contribution in [0.15, 0.2) is 77.1 Å². The van der Waals surface area contributed by atoms with Crippen molar-refractivity contribution in [2.75, 3.05) is 17.4 Å². The van der Waals surface area contributed by atoms with Crippen LogP contribution in [0.3, 0.4) is 0 Å². The number of carbonyl (C=O) groups is 1. The number of amides is 1. The first-order chi connectivity index (χ1) is 15.9. The Labute approximate surface area is 194 Å². The molecule has 7 nitrogen and oxygen atoms in total. The highest BCUT2D eigenvalue weighted by Gasteiger charge is 2.25. The SMILES string of the molecule is C=CCN(c1ccccc1)S(=O)(=O)c1ccc2[nH]cc(C(=O)NCCCCCC)c(=O)c2c1. The van der Waals surface area contributed by atoms with E-state index in [9.17, 15) is 18.0 Å². The largest absolute Gasteiger partial charge is 0.360 e. The van der Waals surface area contributed by atoms with Crippen molar-refractivity contribution >= 4 is 32.5 Å². The molecule has 8 heteroatoms. The third-order valence-corrected chi connectivity index (χ3v) is 7.13. The van der Waals surface area contributed by atoms with Crippen molar-refractivity contribution < 1.29 is 13.2 Å². The molecule has 0 saturated carbocycles. The summed E-state index contributed by atoms with van der Waals surface area (Å²) < 4.78 is 28.0. The van der Waals surface area contributed by atoms with Gasteiger partial charge in [-0.25, -0.2) is 8.42 Å². The predicted octanol–water partition coefficient (Wildman–Crippen LogP) is 4.22. The van der Waals surface area contributed by atoms with Crippen LogP contribution in [0.4, 0.5) is 5.69 Å². The molecule has 174 valence electrons. The van der Waals surface area contributed by atoms with Gasteiger partial charge in [-0.3, -0.25) is 13.9 Å². The van der Waals surface area contributed by atoms with Gasteiger partial charge < -0.3 is 10.3 Å². The number of para-hydroxylation sites is 1. The highest BCUT2D eigenvalue weighted by atomic mass is 32.2. The molecular weight excluding hydrogens is 438 g/mol. The lowest BCUT2D eigenvalue weighted by Crippen LogP contribution is -2.31. The summed E-state index contributed by atoms with van der Waals surface area (Å²) in [4.78, 5) is 28.5. The summed E-state index contributed by atoms with van der Waals surface area (Å²) in [6, 6.07) is 13.0. The highest BCUT2D eigenvalue weighted by molar-refractivity contribution is 7.92. The molecule has 3 rings (SSSR count). The van der Waals surface area contributed by atoms with Gasteiger partial charge in [-0.1, -0.05) is 50.5 Å². The smallest absolute Gasteiger partial charge is 0.264 e. The van der Waals surface area contributed by atoms with Crippen molar-refractivity contribution in [1.82, 2.24) is 10.3 Å². The number of pyridine rings is 1. The molecule has 1 aromatic heterocycles. The van der Waals surface area contributed by atoms with Crippen molar-refractivity contribution in [3.63, 3.8) is 0 Å². The summed E-state index contributed by atoms with van der Waals surface area (Å²) in [5, 5.41) is 2.91. The van der Waals surface area contributed by atoms with Gasteiger partial charge in [0.2, 0.25) is 5.43 Å². The number of H-pyrrole nitrogens is 1. The molecule has 2 aromatic carbocycles. The second-order valence-electron chi connectivity index (χ2n) is 7.72. The molecule has 0 saturated heterocycles. The molecule has 0 atom stereocenters. The van der Waals surface area contributed by atoms with Crippen molar-refractivity contribution in [3.8, 4) is 0 Å². The monoisotopic (exact) mass is 467 g/mol. The van der Waals surface area contributed by atoms with Crippen molar-refractivity contribution in [2.45, 2.75) is 37.5 Å². The fourth-order valence-corrected chi connectivity index (χ4v) is 5.02. The Kier molecular flexibility index (Phi) is 8.06. The van der Waals surface area contributed by atoms with Crippen LogP contribution in [0.1, 0.15) is 43.0 Å². The van der Waals surface area contributed by atoms with Gasteiger partial charge in [-0.15, -0.1) is 6.58 Å². The summed E-state index contributed by atoms with van der Waals surface area (Å²) in [5.41, 5.74) is 0.386. The lowest BCUT2D eigenvalue weighted by atomic mass is 10.1. The van der Waals surface area contributed by atoms with Crippen LogP contribution in [0.2, 0.25) is 0 Å². The van der Waals surface area contributed by atoms with E-state index in [4.69, 9.17) is 0 Å². The maximum Gasteiger partial charge on any atom is 0.264 e. The predicted molar refractivity (Wildman–Crippen MR) is 132 cm³/mol. The quantitative estimate of drug-likeness (QED) is 0.326. The Balaban J connectivity index is 1.95. The number of anilines is 1. The standard InChI is InChI=1S/C25H29N3O4S/c1-3-5-6-10-15-26-25(30)22-18-27-23-14-13-20(17-21(23)24(22)29)33(31,32)28(16-4-2)19-11-8-7-9-12-19/h4,7-9,11-14,17-18H,2-3,5-6,10,15-16H2,1H3,(H,26,30)(H,27,29). The lowest BCUT2D eigenvalue weighted by Gasteiger charge is -2.23. The van der Waals surface area contributed by atoms with Crippen LogP contribution >= 0.6 is 0 Å². The summed E-state index contributed by atoms with van der Waals surface area (Å²) >= 11 is 0. The van der Waals surface area contributed by atoms with Gasteiger partial charge in [0.15, 0.2) is 0 Å². The summed E-state index contributed by atoms with van der Waals surface area (Å²) in [6.45, 7) is 6.33. The number of carbonyl (C=O) groups excluding carboxylic acids is 1. The van der Waals surface area contributed by atoms with E-state index in [1.807, 2.05) is 0 Å². The summed E-state index contributed by atoms with van der Waals surface area (Å²) in [6.07, 6.45) is 6.91. The van der Waals surface area contributed by atoms with Gasteiger partial charge in [0.05, 0.1) is 17.1 Å². The molecule has 0 radical (unpaired) electrons. The molecule has 33 heavy (non-hydrogen) atoms. The van der Waals surface area contributed by atoms with Gasteiger partial charge in [0.1, 0.15) is 5.56 Å². The third kappa shape index (κ3) is 5.51. The van der Waals surface area contributed by atoms with Crippen LogP contribution in [-0.4, -0.2) is 32.4 Å². The van der Waals surface area contributed by atoms with Crippen LogP contribution in [-0.2, 0) is 10.0 Å². The van der Waals surface area contributed by atoms with Gasteiger partial charge in [-0.2, -0.15) is 0 Å². The van der Waals surface area contributed by atoms with Crippen molar-refractivity contribution in [3.05, 3.63) is 83.2 Å². The maximum absolute atomic E-state index is 13.4. The van der Waals surface area contributed by atoms with Crippen LogP contribution in [0.5, 0.6) is 0 Å². The molecule has 0 aliphatic rings. The minimum Gasteiger partial charge on any atom is -0.360 e. The Morgan fingerprint density at radius 3 is 2.58 bits per heavy atom. The van der Waals surface area contributed by atoms with Gasteiger partial charge in [0.25, 0.3) is 15.9 Å². The number of nitrogens with one attached hydrogen (secondary N) is 2. The second kappa shape index (κ2) is 11.0. The molecule has 0 fully saturated rings. The number of hydrogen-bond acceptors (Lipinski definition) is 4. The highest BCUT2D eigenvalue weighted by Crippen LogP contribution is 2.25. The molecular formula is C25H29N3O4S. The number of nitrogens with zero attached hydrogens (tertiary/aromatic N) is 1. The number of hydrogen-bond donors (Lipinski definition) is 2. The number of unbranched alkanes of at least 4 members (excludes halogenated alkanes) is 3.